The van der Waals surface area contributed by atoms with Crippen molar-refractivity contribution in [2.45, 2.75) is 6.42 Å². The largest absolute Gasteiger partial charge is 0.355 e. The van der Waals surface area contributed by atoms with E-state index in [0.29, 0.717) is 34.0 Å². The Bertz CT molecular complexity index is 536. The smallest absolute Gasteiger partial charge is 0.244 e. The van der Waals surface area contributed by atoms with Crippen molar-refractivity contribution in [3.8, 4) is 0 Å². The first-order chi connectivity index (χ1) is 10.0. The lowest BCUT2D eigenvalue weighted by molar-refractivity contribution is -0.118. The molecular weight excluding hydrogens is 426 g/mol. The molecule has 0 fully saturated rings. The Kier molecular flexibility index (Phi) is 8.72. The van der Waals surface area contributed by atoms with Crippen LogP contribution < -0.4 is 10.6 Å². The lowest BCUT2D eigenvalue weighted by Crippen LogP contribution is -2.29. The van der Waals surface area contributed by atoms with E-state index in [1.54, 1.807) is 24.3 Å². The van der Waals surface area contributed by atoms with Gasteiger partial charge in [-0.2, -0.15) is 0 Å². The van der Waals surface area contributed by atoms with Gasteiger partial charge in [0.25, 0.3) is 0 Å². The highest BCUT2D eigenvalue weighted by molar-refractivity contribution is 14.1. The highest BCUT2D eigenvalue weighted by Gasteiger charge is 2.00. The van der Waals surface area contributed by atoms with Gasteiger partial charge in [-0.05, 0) is 30.2 Å². The van der Waals surface area contributed by atoms with Crippen molar-refractivity contribution >= 4 is 63.7 Å². The highest BCUT2D eigenvalue weighted by atomic mass is 127. The molecule has 114 valence electrons. The van der Waals surface area contributed by atoms with Crippen LogP contribution in [0.15, 0.2) is 24.3 Å². The fourth-order valence-corrected chi connectivity index (χ4v) is 2.18. The molecular formula is C14H15Cl2IN2O2. The maximum absolute atomic E-state index is 11.6. The average molecular weight is 441 g/mol. The molecule has 21 heavy (non-hydrogen) atoms. The molecule has 0 radical (unpaired) electrons. The number of nitrogens with one attached hydrogen (secondary N) is 2. The fourth-order valence-electron chi connectivity index (χ4n) is 1.44. The van der Waals surface area contributed by atoms with E-state index in [0.717, 1.165) is 5.56 Å². The van der Waals surface area contributed by atoms with Gasteiger partial charge in [0, 0.05) is 29.2 Å². The summed E-state index contributed by atoms with van der Waals surface area (Å²) in [6, 6.07) is 5.07. The van der Waals surface area contributed by atoms with E-state index in [1.807, 2.05) is 22.6 Å². The number of benzene rings is 1. The van der Waals surface area contributed by atoms with Crippen LogP contribution in [0.2, 0.25) is 10.0 Å². The summed E-state index contributed by atoms with van der Waals surface area (Å²) in [5.74, 6) is -0.208. The minimum absolute atomic E-state index is 0.000738. The Morgan fingerprint density at radius 3 is 2.57 bits per heavy atom. The van der Waals surface area contributed by atoms with Gasteiger partial charge < -0.3 is 10.6 Å². The van der Waals surface area contributed by atoms with E-state index in [1.165, 1.54) is 6.08 Å². The summed E-state index contributed by atoms with van der Waals surface area (Å²) >= 11 is 13.8. The van der Waals surface area contributed by atoms with Crippen LogP contribution in [0.1, 0.15) is 12.0 Å². The Labute approximate surface area is 147 Å². The average Bonchev–Trinajstić information content (AvgIpc) is 2.45. The van der Waals surface area contributed by atoms with Gasteiger partial charge >= 0.3 is 0 Å². The summed E-state index contributed by atoms with van der Waals surface area (Å²) in [6.07, 6.45) is 3.73. The molecule has 0 spiro atoms. The number of carbonyl (C=O) groups excluding carboxylic acids is 2. The first kappa shape index (κ1) is 18.3. The van der Waals surface area contributed by atoms with Crippen LogP contribution in [0.3, 0.4) is 0 Å². The van der Waals surface area contributed by atoms with Crippen molar-refractivity contribution in [2.24, 2.45) is 0 Å². The van der Waals surface area contributed by atoms with Gasteiger partial charge in [-0.1, -0.05) is 51.9 Å². The maximum Gasteiger partial charge on any atom is 0.244 e. The lowest BCUT2D eigenvalue weighted by Gasteiger charge is -2.04. The van der Waals surface area contributed by atoms with Crippen molar-refractivity contribution in [2.75, 3.05) is 17.5 Å². The predicted molar refractivity (Wildman–Crippen MR) is 95.0 cm³/mol. The normalized spacial score (nSPS) is 10.6. The van der Waals surface area contributed by atoms with Crippen LogP contribution in [0.25, 0.3) is 6.08 Å². The van der Waals surface area contributed by atoms with Crippen molar-refractivity contribution in [1.29, 1.82) is 0 Å². The molecule has 1 rings (SSSR count). The summed E-state index contributed by atoms with van der Waals surface area (Å²) in [5.41, 5.74) is 0.727. The van der Waals surface area contributed by atoms with E-state index >= 15 is 0 Å². The summed E-state index contributed by atoms with van der Waals surface area (Å²) in [4.78, 5) is 22.6. The molecule has 2 N–H and O–H groups in total. The molecule has 0 bridgehead atoms. The third-order valence-electron chi connectivity index (χ3n) is 2.47. The molecule has 0 aliphatic heterocycles. The number of halogens is 3. The second kappa shape index (κ2) is 10.0. The summed E-state index contributed by atoms with van der Waals surface area (Å²) in [7, 11) is 0. The third kappa shape index (κ3) is 7.68. The van der Waals surface area contributed by atoms with Gasteiger partial charge in [-0.25, -0.2) is 0 Å². The molecule has 0 aliphatic carbocycles. The molecule has 4 nitrogen and oxygen atoms in total. The monoisotopic (exact) mass is 440 g/mol. The Balaban J connectivity index is 2.30. The van der Waals surface area contributed by atoms with Gasteiger partial charge in [-0.3, -0.25) is 9.59 Å². The maximum atomic E-state index is 11.6. The Hall–Kier alpha value is -0.790. The van der Waals surface area contributed by atoms with Gasteiger partial charge in [0.2, 0.25) is 11.8 Å². The molecule has 0 atom stereocenters. The molecule has 0 saturated heterocycles. The van der Waals surface area contributed by atoms with E-state index < -0.39 is 0 Å². The summed E-state index contributed by atoms with van der Waals surface area (Å²) in [6.45, 7) is 1.05. The van der Waals surface area contributed by atoms with Gasteiger partial charge in [0.15, 0.2) is 0 Å². The van der Waals surface area contributed by atoms with E-state index in [-0.39, 0.29) is 11.8 Å². The molecule has 0 heterocycles. The van der Waals surface area contributed by atoms with Crippen LogP contribution in [0.5, 0.6) is 0 Å². The van der Waals surface area contributed by atoms with Gasteiger partial charge in [0.05, 0.1) is 4.43 Å². The van der Waals surface area contributed by atoms with Crippen LogP contribution in [0.4, 0.5) is 0 Å². The minimum atomic E-state index is -0.207. The van der Waals surface area contributed by atoms with Crippen molar-refractivity contribution in [3.63, 3.8) is 0 Å². The number of rotatable bonds is 7. The quantitative estimate of drug-likeness (QED) is 0.296. The minimum Gasteiger partial charge on any atom is -0.355 e. The topological polar surface area (TPSA) is 58.2 Å². The third-order valence-corrected chi connectivity index (χ3v) is 3.73. The highest BCUT2D eigenvalue weighted by Crippen LogP contribution is 2.21. The number of hydrogen-bond donors (Lipinski definition) is 2. The standard InChI is InChI=1S/C14H15Cl2IN2O2/c15-11-4-2-10(12(16)8-11)3-5-13(20)18-6-1-7-19-14(21)9-17/h2-5,8H,1,6-7,9H2,(H,18,20)(H,19,21)/b5-3+. The van der Waals surface area contributed by atoms with Gasteiger partial charge in [0.1, 0.15) is 0 Å². The Morgan fingerprint density at radius 2 is 1.90 bits per heavy atom. The predicted octanol–water partition coefficient (Wildman–Crippen LogP) is 3.06. The van der Waals surface area contributed by atoms with E-state index in [4.69, 9.17) is 23.2 Å². The molecule has 2 amide bonds. The molecule has 1 aromatic rings. The van der Waals surface area contributed by atoms with Crippen molar-refractivity contribution in [3.05, 3.63) is 39.9 Å². The molecule has 7 heteroatoms. The van der Waals surface area contributed by atoms with Crippen LogP contribution in [0, 0.1) is 0 Å². The van der Waals surface area contributed by atoms with Crippen molar-refractivity contribution in [1.82, 2.24) is 10.6 Å². The zero-order valence-electron chi connectivity index (χ0n) is 11.2. The Morgan fingerprint density at radius 1 is 1.19 bits per heavy atom. The zero-order valence-corrected chi connectivity index (χ0v) is 14.8. The van der Waals surface area contributed by atoms with Gasteiger partial charge in [-0.15, -0.1) is 0 Å². The van der Waals surface area contributed by atoms with E-state index in [9.17, 15) is 9.59 Å². The molecule has 0 aromatic heterocycles. The SMILES string of the molecule is O=C(/C=C/c1ccc(Cl)cc1Cl)NCCCNC(=O)CI. The number of hydrogen-bond acceptors (Lipinski definition) is 2. The lowest BCUT2D eigenvalue weighted by atomic mass is 10.2. The summed E-state index contributed by atoms with van der Waals surface area (Å²) < 4.78 is 0.439. The van der Waals surface area contributed by atoms with Crippen LogP contribution >= 0.6 is 45.8 Å². The van der Waals surface area contributed by atoms with Crippen LogP contribution in [-0.4, -0.2) is 29.3 Å². The summed E-state index contributed by atoms with van der Waals surface area (Å²) in [5, 5.41) is 6.50. The molecule has 0 saturated carbocycles. The fraction of sp³-hybridized carbons (Fsp3) is 0.286. The van der Waals surface area contributed by atoms with Crippen molar-refractivity contribution < 1.29 is 9.59 Å². The molecule has 1 aromatic carbocycles. The first-order valence-corrected chi connectivity index (χ1v) is 8.54. The molecule has 0 unspecified atom stereocenters. The number of amides is 2. The molecule has 0 aliphatic rings. The zero-order chi connectivity index (χ0) is 15.7. The second-order valence-electron chi connectivity index (χ2n) is 4.13. The number of alkyl halides is 1. The van der Waals surface area contributed by atoms with E-state index in [2.05, 4.69) is 10.6 Å². The number of carbonyl (C=O) groups is 2. The van der Waals surface area contributed by atoms with Crippen LogP contribution in [-0.2, 0) is 9.59 Å². The second-order valence-corrected chi connectivity index (χ2v) is 5.73. The first-order valence-electron chi connectivity index (χ1n) is 6.26.